The number of carbonyl (C=O) groups is 4. The van der Waals surface area contributed by atoms with Crippen LogP contribution in [-0.4, -0.2) is 75.6 Å². The van der Waals surface area contributed by atoms with Gasteiger partial charge in [-0.2, -0.15) is 5.10 Å². The van der Waals surface area contributed by atoms with Gasteiger partial charge in [-0.3, -0.25) is 23.9 Å². The van der Waals surface area contributed by atoms with Gasteiger partial charge in [-0.15, -0.1) is 0 Å². The Kier molecular flexibility index (Phi) is 7.35. The molecule has 0 unspecified atom stereocenters. The summed E-state index contributed by atoms with van der Waals surface area (Å²) in [5.41, 5.74) is 2.07. The molecule has 0 bridgehead atoms. The molecule has 10 nitrogen and oxygen atoms in total. The molecule has 0 aliphatic carbocycles. The van der Waals surface area contributed by atoms with Crippen molar-refractivity contribution in [1.29, 1.82) is 0 Å². The van der Waals surface area contributed by atoms with Crippen molar-refractivity contribution in [3.63, 3.8) is 0 Å². The molecule has 1 N–H and O–H groups in total. The van der Waals surface area contributed by atoms with Crippen molar-refractivity contribution in [2.24, 2.45) is 7.05 Å². The predicted molar refractivity (Wildman–Crippen MR) is 105 cm³/mol. The lowest BCUT2D eigenvalue weighted by molar-refractivity contribution is -0.154. The number of aromatic nitrogens is 2. The van der Waals surface area contributed by atoms with Crippen molar-refractivity contribution in [3.05, 3.63) is 11.4 Å². The van der Waals surface area contributed by atoms with Crippen molar-refractivity contribution >= 4 is 29.4 Å². The number of hydrogen-bond acceptors (Lipinski definition) is 6. The van der Waals surface area contributed by atoms with Gasteiger partial charge < -0.3 is 19.9 Å². The van der Waals surface area contributed by atoms with Crippen LogP contribution in [0.4, 0.5) is 5.69 Å². The largest absolute Gasteiger partial charge is 0.453 e. The number of esters is 1. The predicted octanol–water partition coefficient (Wildman–Crippen LogP) is 0.378. The maximum Gasteiger partial charge on any atom is 0.307 e. The monoisotopic (exact) mass is 407 g/mol. The van der Waals surface area contributed by atoms with Gasteiger partial charge in [0.25, 0.3) is 5.91 Å². The van der Waals surface area contributed by atoms with Gasteiger partial charge >= 0.3 is 5.97 Å². The Morgan fingerprint density at radius 1 is 1.07 bits per heavy atom. The summed E-state index contributed by atoms with van der Waals surface area (Å²) in [5, 5.41) is 6.95. The third-order valence-corrected chi connectivity index (χ3v) is 5.06. The maximum atomic E-state index is 12.3. The number of nitrogens with one attached hydrogen (secondary N) is 1. The molecule has 0 aromatic carbocycles. The van der Waals surface area contributed by atoms with Gasteiger partial charge in [-0.05, 0) is 20.8 Å². The Labute approximate surface area is 170 Å². The van der Waals surface area contributed by atoms with Crippen LogP contribution in [0.2, 0.25) is 0 Å². The number of ether oxygens (including phenoxy) is 1. The van der Waals surface area contributed by atoms with E-state index in [0.29, 0.717) is 37.6 Å². The van der Waals surface area contributed by atoms with E-state index in [9.17, 15) is 19.2 Å². The summed E-state index contributed by atoms with van der Waals surface area (Å²) < 4.78 is 6.81. The normalized spacial score (nSPS) is 15.1. The lowest BCUT2D eigenvalue weighted by Gasteiger charge is -2.34. The van der Waals surface area contributed by atoms with E-state index in [0.717, 1.165) is 5.69 Å². The van der Waals surface area contributed by atoms with E-state index in [4.69, 9.17) is 4.74 Å². The summed E-state index contributed by atoms with van der Waals surface area (Å²) in [5.74, 6) is -1.24. The summed E-state index contributed by atoms with van der Waals surface area (Å²) in [7, 11) is 1.78. The molecule has 1 aromatic heterocycles. The SMILES string of the molecule is CC(=O)N1CCN(C(=O)CCC(=O)O[C@@H](C)C(=O)Nc2c(C)nn(C)c2C)CC1. The minimum absolute atomic E-state index is 0.00800. The van der Waals surface area contributed by atoms with Crippen molar-refractivity contribution in [1.82, 2.24) is 19.6 Å². The molecule has 160 valence electrons. The van der Waals surface area contributed by atoms with Gasteiger partial charge in [0, 0.05) is 46.6 Å². The first-order valence-corrected chi connectivity index (χ1v) is 9.64. The van der Waals surface area contributed by atoms with Gasteiger partial charge in [-0.25, -0.2) is 0 Å². The molecule has 1 atom stereocenters. The number of piperazine rings is 1. The molecule has 1 saturated heterocycles. The van der Waals surface area contributed by atoms with Gasteiger partial charge in [0.05, 0.1) is 23.5 Å². The molecule has 2 rings (SSSR count). The highest BCUT2D eigenvalue weighted by Crippen LogP contribution is 2.18. The lowest BCUT2D eigenvalue weighted by atomic mass is 10.2. The lowest BCUT2D eigenvalue weighted by Crippen LogP contribution is -2.50. The van der Waals surface area contributed by atoms with E-state index in [1.165, 1.54) is 13.8 Å². The molecule has 29 heavy (non-hydrogen) atoms. The van der Waals surface area contributed by atoms with Crippen LogP contribution in [-0.2, 0) is 31.0 Å². The third kappa shape index (κ3) is 5.78. The Bertz CT molecular complexity index is 795. The summed E-state index contributed by atoms with van der Waals surface area (Å²) in [6, 6.07) is 0. The van der Waals surface area contributed by atoms with Crippen LogP contribution >= 0.6 is 0 Å². The van der Waals surface area contributed by atoms with Crippen LogP contribution in [0.15, 0.2) is 0 Å². The quantitative estimate of drug-likeness (QED) is 0.682. The van der Waals surface area contributed by atoms with E-state index in [-0.39, 0.29) is 24.7 Å². The van der Waals surface area contributed by atoms with Gasteiger partial charge in [0.15, 0.2) is 6.10 Å². The topological polar surface area (TPSA) is 114 Å². The highest BCUT2D eigenvalue weighted by Gasteiger charge is 2.24. The minimum atomic E-state index is -0.990. The first-order valence-electron chi connectivity index (χ1n) is 9.64. The molecule has 10 heteroatoms. The van der Waals surface area contributed by atoms with Crippen LogP contribution < -0.4 is 5.32 Å². The number of nitrogens with zero attached hydrogens (tertiary/aromatic N) is 4. The van der Waals surface area contributed by atoms with Crippen LogP contribution in [0.3, 0.4) is 0 Å². The zero-order chi connectivity index (χ0) is 21.7. The van der Waals surface area contributed by atoms with Crippen LogP contribution in [0.5, 0.6) is 0 Å². The van der Waals surface area contributed by atoms with Crippen LogP contribution in [0.25, 0.3) is 0 Å². The Hall–Kier alpha value is -2.91. The van der Waals surface area contributed by atoms with E-state index in [2.05, 4.69) is 10.4 Å². The summed E-state index contributed by atoms with van der Waals surface area (Å²) in [6.45, 7) is 8.49. The molecule has 1 fully saturated rings. The highest BCUT2D eigenvalue weighted by atomic mass is 16.5. The number of amides is 3. The Balaban J connectivity index is 1.76. The molecule has 3 amide bonds. The molecule has 0 radical (unpaired) electrons. The van der Waals surface area contributed by atoms with E-state index in [1.807, 2.05) is 6.92 Å². The number of carbonyl (C=O) groups excluding carboxylic acids is 4. The standard InChI is InChI=1S/C19H29N5O5/c1-12-18(13(2)22(5)21-12)20-19(28)14(3)29-17(27)7-6-16(26)24-10-8-23(9-11-24)15(4)25/h14H,6-11H2,1-5H3,(H,20,28)/t14-/m0/s1. The molecule has 1 aromatic rings. The molecule has 2 heterocycles. The van der Waals surface area contributed by atoms with Gasteiger partial charge in [0.1, 0.15) is 0 Å². The number of rotatable bonds is 6. The Morgan fingerprint density at radius 2 is 1.66 bits per heavy atom. The van der Waals surface area contributed by atoms with Crippen molar-refractivity contribution < 1.29 is 23.9 Å². The van der Waals surface area contributed by atoms with Crippen molar-refractivity contribution in [3.8, 4) is 0 Å². The zero-order valence-electron chi connectivity index (χ0n) is 17.7. The van der Waals surface area contributed by atoms with Crippen molar-refractivity contribution in [2.75, 3.05) is 31.5 Å². The highest BCUT2D eigenvalue weighted by molar-refractivity contribution is 5.96. The minimum Gasteiger partial charge on any atom is -0.453 e. The first kappa shape index (κ1) is 22.4. The first-order chi connectivity index (χ1) is 13.6. The Morgan fingerprint density at radius 3 is 2.17 bits per heavy atom. The average molecular weight is 407 g/mol. The fraction of sp³-hybridized carbons (Fsp3) is 0.632. The van der Waals surface area contributed by atoms with Crippen LogP contribution in [0, 0.1) is 13.8 Å². The summed E-state index contributed by atoms with van der Waals surface area (Å²) >= 11 is 0. The molecule has 1 aliphatic rings. The molecule has 0 saturated carbocycles. The van der Waals surface area contributed by atoms with Crippen LogP contribution in [0.1, 0.15) is 38.1 Å². The molecular formula is C19H29N5O5. The average Bonchev–Trinajstić information content (AvgIpc) is 2.92. The van der Waals surface area contributed by atoms with E-state index < -0.39 is 18.0 Å². The molecule has 0 spiro atoms. The second kappa shape index (κ2) is 9.53. The fourth-order valence-electron chi connectivity index (χ4n) is 3.13. The number of anilines is 1. The zero-order valence-corrected chi connectivity index (χ0v) is 17.7. The second-order valence-electron chi connectivity index (χ2n) is 7.18. The summed E-state index contributed by atoms with van der Waals surface area (Å²) in [4.78, 5) is 51.2. The molecule has 1 aliphatic heterocycles. The number of aryl methyl sites for hydroxylation is 2. The van der Waals surface area contributed by atoms with Gasteiger partial charge in [-0.1, -0.05) is 0 Å². The van der Waals surface area contributed by atoms with E-state index in [1.54, 1.807) is 28.5 Å². The number of hydrogen-bond donors (Lipinski definition) is 1. The fourth-order valence-corrected chi connectivity index (χ4v) is 3.13. The van der Waals surface area contributed by atoms with Crippen molar-refractivity contribution in [2.45, 2.75) is 46.6 Å². The third-order valence-electron chi connectivity index (χ3n) is 5.06. The van der Waals surface area contributed by atoms with E-state index >= 15 is 0 Å². The second-order valence-corrected chi connectivity index (χ2v) is 7.18. The maximum absolute atomic E-state index is 12.3. The van der Waals surface area contributed by atoms with Gasteiger partial charge in [0.2, 0.25) is 11.8 Å². The smallest absolute Gasteiger partial charge is 0.307 e. The summed E-state index contributed by atoms with van der Waals surface area (Å²) in [6.07, 6.45) is -1.08. The molecular weight excluding hydrogens is 378 g/mol.